The number of thiazole rings is 1. The summed E-state index contributed by atoms with van der Waals surface area (Å²) in [5.74, 6) is 5.40. The minimum absolute atomic E-state index is 0.924. The van der Waals surface area contributed by atoms with Gasteiger partial charge < -0.3 is 5.43 Å². The molecule has 0 spiro atoms. The van der Waals surface area contributed by atoms with Gasteiger partial charge in [-0.05, 0) is 19.4 Å². The zero-order valence-electron chi connectivity index (χ0n) is 8.74. The zero-order chi connectivity index (χ0) is 10.8. The number of hydrazine groups is 1. The summed E-state index contributed by atoms with van der Waals surface area (Å²) in [6.07, 6.45) is 0. The molecule has 3 N–H and O–H groups in total. The van der Waals surface area contributed by atoms with Crippen molar-refractivity contribution in [3.63, 3.8) is 0 Å². The third-order valence-electron chi connectivity index (χ3n) is 2.30. The molecule has 0 amide bonds. The molecule has 2 rings (SSSR count). The second-order valence-electron chi connectivity index (χ2n) is 3.39. The number of anilines is 1. The van der Waals surface area contributed by atoms with Gasteiger partial charge in [0.05, 0.1) is 5.69 Å². The Kier molecular flexibility index (Phi) is 2.70. The molecule has 0 saturated carbocycles. The average molecular weight is 219 g/mol. The van der Waals surface area contributed by atoms with Crippen LogP contribution in [0.1, 0.15) is 11.3 Å². The molecular weight excluding hydrogens is 206 g/mol. The fraction of sp³-hybridized carbons (Fsp3) is 0.182. The van der Waals surface area contributed by atoms with Crippen LogP contribution in [-0.4, -0.2) is 4.98 Å². The van der Waals surface area contributed by atoms with E-state index in [0.717, 1.165) is 15.7 Å². The maximum atomic E-state index is 5.40. The summed E-state index contributed by atoms with van der Waals surface area (Å²) in [5.41, 5.74) is 6.01. The van der Waals surface area contributed by atoms with Crippen LogP contribution in [0.2, 0.25) is 0 Å². The number of benzene rings is 1. The van der Waals surface area contributed by atoms with Crippen LogP contribution in [0.5, 0.6) is 0 Å². The van der Waals surface area contributed by atoms with Crippen molar-refractivity contribution in [2.75, 3.05) is 5.43 Å². The maximum Gasteiger partial charge on any atom is 0.126 e. The van der Waals surface area contributed by atoms with Crippen LogP contribution in [-0.2, 0) is 0 Å². The lowest BCUT2D eigenvalue weighted by Crippen LogP contribution is -2.05. The molecule has 3 nitrogen and oxygen atoms in total. The number of nitrogens with one attached hydrogen (secondary N) is 1. The number of hydrogen-bond acceptors (Lipinski definition) is 4. The van der Waals surface area contributed by atoms with Crippen LogP contribution in [0, 0.1) is 13.8 Å². The van der Waals surface area contributed by atoms with E-state index in [1.807, 2.05) is 19.1 Å². The highest BCUT2D eigenvalue weighted by molar-refractivity contribution is 7.19. The van der Waals surface area contributed by atoms with Crippen molar-refractivity contribution in [3.8, 4) is 10.6 Å². The van der Waals surface area contributed by atoms with Crippen molar-refractivity contribution in [1.82, 2.24) is 4.98 Å². The number of aromatic nitrogens is 1. The van der Waals surface area contributed by atoms with E-state index in [0.29, 0.717) is 0 Å². The van der Waals surface area contributed by atoms with E-state index in [1.54, 1.807) is 11.3 Å². The molecule has 2 aromatic rings. The molecule has 15 heavy (non-hydrogen) atoms. The van der Waals surface area contributed by atoms with Crippen molar-refractivity contribution in [2.45, 2.75) is 13.8 Å². The number of nitrogen functional groups attached to an aromatic ring is 1. The molecule has 1 heterocycles. The highest BCUT2D eigenvalue weighted by Crippen LogP contribution is 2.32. The van der Waals surface area contributed by atoms with E-state index in [-0.39, 0.29) is 0 Å². The number of aryl methyl sites for hydroxylation is 2. The first kappa shape index (κ1) is 10.1. The predicted octanol–water partition coefficient (Wildman–Crippen LogP) is 2.71. The summed E-state index contributed by atoms with van der Waals surface area (Å²) < 4.78 is 0. The highest BCUT2D eigenvalue weighted by atomic mass is 32.1. The number of nitrogens with zero attached hydrogens (tertiary/aromatic N) is 1. The van der Waals surface area contributed by atoms with E-state index in [2.05, 4.69) is 29.5 Å². The Hall–Kier alpha value is -1.39. The van der Waals surface area contributed by atoms with Crippen molar-refractivity contribution >= 4 is 16.3 Å². The Morgan fingerprint density at radius 3 is 2.60 bits per heavy atom. The predicted molar refractivity (Wildman–Crippen MR) is 64.8 cm³/mol. The van der Waals surface area contributed by atoms with Crippen molar-refractivity contribution in [1.29, 1.82) is 0 Å². The van der Waals surface area contributed by atoms with Gasteiger partial charge in [-0.3, -0.25) is 0 Å². The molecule has 0 aliphatic rings. The van der Waals surface area contributed by atoms with Crippen molar-refractivity contribution in [2.24, 2.45) is 5.84 Å². The normalized spacial score (nSPS) is 10.3. The molecule has 1 aromatic heterocycles. The minimum Gasteiger partial charge on any atom is -0.314 e. The molecule has 0 aliphatic heterocycles. The smallest absolute Gasteiger partial charge is 0.126 e. The lowest BCUT2D eigenvalue weighted by molar-refractivity contribution is 1.24. The number of hydrogen-bond donors (Lipinski definition) is 2. The van der Waals surface area contributed by atoms with Crippen LogP contribution >= 0.6 is 11.3 Å². The largest absolute Gasteiger partial charge is 0.314 e. The van der Waals surface area contributed by atoms with Gasteiger partial charge in [0.15, 0.2) is 0 Å². The monoisotopic (exact) mass is 219 g/mol. The van der Waals surface area contributed by atoms with Gasteiger partial charge >= 0.3 is 0 Å². The first-order chi connectivity index (χ1) is 7.22. The van der Waals surface area contributed by atoms with Crippen molar-refractivity contribution < 1.29 is 0 Å². The first-order valence-electron chi connectivity index (χ1n) is 4.72. The van der Waals surface area contributed by atoms with Gasteiger partial charge in [0, 0.05) is 5.56 Å². The summed E-state index contributed by atoms with van der Waals surface area (Å²) in [6.45, 7) is 4.04. The van der Waals surface area contributed by atoms with Crippen LogP contribution < -0.4 is 11.3 Å². The molecule has 0 fully saturated rings. The van der Waals surface area contributed by atoms with E-state index >= 15 is 0 Å². The van der Waals surface area contributed by atoms with Gasteiger partial charge in [-0.15, -0.1) is 0 Å². The Labute approximate surface area is 92.9 Å². The van der Waals surface area contributed by atoms with Gasteiger partial charge in [0.1, 0.15) is 10.0 Å². The third-order valence-corrected chi connectivity index (χ3v) is 3.43. The fourth-order valence-corrected chi connectivity index (χ4v) is 2.43. The number of nitrogens with two attached hydrogens (primary N) is 1. The zero-order valence-corrected chi connectivity index (χ0v) is 9.56. The quantitative estimate of drug-likeness (QED) is 0.603. The molecule has 0 atom stereocenters. The molecule has 0 aliphatic carbocycles. The highest BCUT2D eigenvalue weighted by Gasteiger charge is 2.09. The van der Waals surface area contributed by atoms with E-state index in [4.69, 9.17) is 5.84 Å². The Morgan fingerprint density at radius 1 is 1.27 bits per heavy atom. The summed E-state index contributed by atoms with van der Waals surface area (Å²) in [6, 6.07) is 8.21. The third kappa shape index (κ3) is 1.86. The molecule has 0 bridgehead atoms. The second kappa shape index (κ2) is 4.00. The summed E-state index contributed by atoms with van der Waals surface area (Å²) >= 11 is 1.58. The summed E-state index contributed by atoms with van der Waals surface area (Å²) in [4.78, 5) is 4.49. The summed E-state index contributed by atoms with van der Waals surface area (Å²) in [7, 11) is 0. The maximum absolute atomic E-state index is 5.40. The Balaban J connectivity index is 2.50. The van der Waals surface area contributed by atoms with Gasteiger partial charge in [-0.25, -0.2) is 10.8 Å². The van der Waals surface area contributed by atoms with Crippen LogP contribution in [0.15, 0.2) is 24.3 Å². The Bertz CT molecular complexity index is 476. The first-order valence-corrected chi connectivity index (χ1v) is 5.54. The second-order valence-corrected chi connectivity index (χ2v) is 4.39. The van der Waals surface area contributed by atoms with E-state index in [9.17, 15) is 0 Å². The molecule has 0 saturated heterocycles. The lowest BCUT2D eigenvalue weighted by atomic mass is 10.1. The summed E-state index contributed by atoms with van der Waals surface area (Å²) in [5, 5.41) is 1.94. The molecule has 1 aromatic carbocycles. The van der Waals surface area contributed by atoms with Crippen LogP contribution in [0.25, 0.3) is 10.6 Å². The standard InChI is InChI=1S/C11H13N3S/c1-7-5-3-4-6-9(7)11-13-8(2)10(14-12)15-11/h3-6,14H,12H2,1-2H3. The SMILES string of the molecule is Cc1ccccc1-c1nc(C)c(NN)s1. The van der Waals surface area contributed by atoms with E-state index in [1.165, 1.54) is 11.1 Å². The molecule has 0 unspecified atom stereocenters. The average Bonchev–Trinajstić information content (AvgIpc) is 2.60. The molecular formula is C11H13N3S. The van der Waals surface area contributed by atoms with E-state index < -0.39 is 0 Å². The van der Waals surface area contributed by atoms with Gasteiger partial charge in [0.25, 0.3) is 0 Å². The number of rotatable bonds is 2. The van der Waals surface area contributed by atoms with Gasteiger partial charge in [0.2, 0.25) is 0 Å². The van der Waals surface area contributed by atoms with Gasteiger partial charge in [-0.1, -0.05) is 35.6 Å². The lowest BCUT2D eigenvalue weighted by Gasteiger charge is -1.99. The Morgan fingerprint density at radius 2 is 2.00 bits per heavy atom. The molecule has 78 valence electrons. The van der Waals surface area contributed by atoms with Crippen LogP contribution in [0.4, 0.5) is 5.00 Å². The minimum atomic E-state index is 0.924. The topological polar surface area (TPSA) is 50.9 Å². The van der Waals surface area contributed by atoms with Crippen LogP contribution in [0.3, 0.4) is 0 Å². The van der Waals surface area contributed by atoms with Crippen molar-refractivity contribution in [3.05, 3.63) is 35.5 Å². The fourth-order valence-electron chi connectivity index (χ4n) is 1.46. The molecule has 0 radical (unpaired) electrons. The van der Waals surface area contributed by atoms with Gasteiger partial charge in [-0.2, -0.15) is 0 Å². The molecule has 4 heteroatoms.